The van der Waals surface area contributed by atoms with Crippen LogP contribution in [0.2, 0.25) is 0 Å². The van der Waals surface area contributed by atoms with Crippen molar-refractivity contribution in [2.75, 3.05) is 0 Å². The van der Waals surface area contributed by atoms with Crippen molar-refractivity contribution in [2.45, 2.75) is 19.5 Å². The normalized spacial score (nSPS) is 13.6. The van der Waals surface area contributed by atoms with E-state index < -0.39 is 17.9 Å². The molecule has 0 N–H and O–H groups in total. The average molecular weight is 205 g/mol. The molecule has 0 amide bonds. The van der Waals surface area contributed by atoms with Gasteiger partial charge in [-0.1, -0.05) is 5.16 Å². The van der Waals surface area contributed by atoms with Crippen molar-refractivity contribution in [3.63, 3.8) is 0 Å². The highest BCUT2D eigenvalue weighted by molar-refractivity contribution is 4.94. The zero-order chi connectivity index (χ0) is 10.8. The van der Waals surface area contributed by atoms with E-state index in [9.17, 15) is 13.2 Å². The Balaban J connectivity index is 2.75. The summed E-state index contributed by atoms with van der Waals surface area (Å²) in [6, 6.07) is 1.85. The van der Waals surface area contributed by atoms with Gasteiger partial charge >= 0.3 is 6.18 Å². The van der Waals surface area contributed by atoms with Crippen molar-refractivity contribution in [1.82, 2.24) is 10.1 Å². The van der Waals surface area contributed by atoms with Gasteiger partial charge in [0, 0.05) is 6.42 Å². The Morgan fingerprint density at radius 2 is 2.21 bits per heavy atom. The van der Waals surface area contributed by atoms with Gasteiger partial charge in [-0.2, -0.15) is 23.4 Å². The van der Waals surface area contributed by atoms with Gasteiger partial charge in [0.15, 0.2) is 0 Å². The van der Waals surface area contributed by atoms with Gasteiger partial charge in [0.05, 0.1) is 12.0 Å². The summed E-state index contributed by atoms with van der Waals surface area (Å²) in [5.41, 5.74) is 0. The lowest BCUT2D eigenvalue weighted by Gasteiger charge is -1.96. The van der Waals surface area contributed by atoms with Crippen molar-refractivity contribution in [3.05, 3.63) is 11.7 Å². The number of hydrogen-bond donors (Lipinski definition) is 0. The van der Waals surface area contributed by atoms with Crippen molar-refractivity contribution < 1.29 is 17.7 Å². The second kappa shape index (κ2) is 3.65. The summed E-state index contributed by atoms with van der Waals surface area (Å²) in [5.74, 6) is -1.93. The molecular formula is C7H6F3N3O. The van der Waals surface area contributed by atoms with Gasteiger partial charge in [-0.15, -0.1) is 0 Å². The van der Waals surface area contributed by atoms with Crippen LogP contribution in [-0.2, 0) is 12.6 Å². The number of halogens is 3. The summed E-state index contributed by atoms with van der Waals surface area (Å²) >= 11 is 0. The highest BCUT2D eigenvalue weighted by Crippen LogP contribution is 2.26. The standard InChI is InChI=1S/C7H6F3N3O/c1-4(3-11)2-5-12-6(13-14-5)7(8,9)10/h4H,2H2,1H3. The van der Waals surface area contributed by atoms with E-state index in [0.717, 1.165) is 0 Å². The van der Waals surface area contributed by atoms with Gasteiger partial charge in [0.1, 0.15) is 0 Å². The predicted molar refractivity (Wildman–Crippen MR) is 37.8 cm³/mol. The lowest BCUT2D eigenvalue weighted by molar-refractivity contribution is -0.146. The van der Waals surface area contributed by atoms with Crippen LogP contribution in [0, 0.1) is 17.2 Å². The first-order chi connectivity index (χ1) is 6.43. The minimum atomic E-state index is -4.60. The third-order valence-corrected chi connectivity index (χ3v) is 1.42. The van der Waals surface area contributed by atoms with Crippen LogP contribution in [0.1, 0.15) is 18.6 Å². The van der Waals surface area contributed by atoms with E-state index >= 15 is 0 Å². The van der Waals surface area contributed by atoms with Crippen LogP contribution in [0.25, 0.3) is 0 Å². The van der Waals surface area contributed by atoms with Crippen LogP contribution >= 0.6 is 0 Å². The number of hydrogen-bond acceptors (Lipinski definition) is 4. The zero-order valence-electron chi connectivity index (χ0n) is 7.17. The summed E-state index contributed by atoms with van der Waals surface area (Å²) in [7, 11) is 0. The number of rotatable bonds is 2. The summed E-state index contributed by atoms with van der Waals surface area (Å²) in [6.45, 7) is 1.55. The summed E-state index contributed by atoms with van der Waals surface area (Å²) in [4.78, 5) is 3.12. The van der Waals surface area contributed by atoms with E-state index in [-0.39, 0.29) is 12.3 Å². The number of alkyl halides is 3. The Morgan fingerprint density at radius 1 is 1.57 bits per heavy atom. The quantitative estimate of drug-likeness (QED) is 0.738. The molecule has 0 saturated heterocycles. The molecule has 0 saturated carbocycles. The van der Waals surface area contributed by atoms with Crippen LogP contribution in [0.15, 0.2) is 4.52 Å². The Morgan fingerprint density at radius 3 is 2.64 bits per heavy atom. The van der Waals surface area contributed by atoms with Crippen molar-refractivity contribution in [1.29, 1.82) is 5.26 Å². The second-order valence-corrected chi connectivity index (χ2v) is 2.74. The molecule has 0 bridgehead atoms. The van der Waals surface area contributed by atoms with Gasteiger partial charge in [-0.25, -0.2) is 0 Å². The molecule has 4 nitrogen and oxygen atoms in total. The van der Waals surface area contributed by atoms with Gasteiger partial charge < -0.3 is 4.52 Å². The molecule has 1 atom stereocenters. The molecule has 7 heteroatoms. The zero-order valence-corrected chi connectivity index (χ0v) is 7.17. The average Bonchev–Trinajstić information content (AvgIpc) is 2.51. The number of nitriles is 1. The monoisotopic (exact) mass is 205 g/mol. The molecular weight excluding hydrogens is 199 g/mol. The Kier molecular flexibility index (Phi) is 2.74. The molecule has 0 aromatic carbocycles. The molecule has 0 aliphatic rings. The molecule has 1 heterocycles. The first kappa shape index (κ1) is 10.5. The Bertz CT molecular complexity index is 352. The molecule has 0 aliphatic carbocycles. The fourth-order valence-electron chi connectivity index (χ4n) is 0.760. The van der Waals surface area contributed by atoms with Crippen molar-refractivity contribution in [3.8, 4) is 6.07 Å². The maximum atomic E-state index is 12.0. The molecule has 14 heavy (non-hydrogen) atoms. The van der Waals surface area contributed by atoms with Crippen LogP contribution < -0.4 is 0 Å². The molecule has 1 rings (SSSR count). The van der Waals surface area contributed by atoms with E-state index in [1.165, 1.54) is 0 Å². The number of nitrogens with zero attached hydrogens (tertiary/aromatic N) is 3. The largest absolute Gasteiger partial charge is 0.455 e. The Hall–Kier alpha value is -1.58. The molecule has 0 fully saturated rings. The fraction of sp³-hybridized carbons (Fsp3) is 0.571. The van der Waals surface area contributed by atoms with Crippen LogP contribution in [0.5, 0.6) is 0 Å². The van der Waals surface area contributed by atoms with Gasteiger partial charge in [0.2, 0.25) is 5.89 Å². The first-order valence-electron chi connectivity index (χ1n) is 3.73. The van der Waals surface area contributed by atoms with Crippen LogP contribution in [0.4, 0.5) is 13.2 Å². The summed E-state index contributed by atoms with van der Waals surface area (Å²) in [6.07, 6.45) is -4.57. The van der Waals surface area contributed by atoms with Gasteiger partial charge in [-0.3, -0.25) is 0 Å². The smallest absolute Gasteiger partial charge is 0.339 e. The highest BCUT2D eigenvalue weighted by Gasteiger charge is 2.37. The van der Waals surface area contributed by atoms with Crippen LogP contribution in [-0.4, -0.2) is 10.1 Å². The van der Waals surface area contributed by atoms with E-state index in [0.29, 0.717) is 0 Å². The highest BCUT2D eigenvalue weighted by atomic mass is 19.4. The van der Waals surface area contributed by atoms with Gasteiger partial charge in [0.25, 0.3) is 5.82 Å². The molecule has 1 unspecified atom stereocenters. The first-order valence-corrected chi connectivity index (χ1v) is 3.73. The molecule has 0 spiro atoms. The molecule has 1 aromatic heterocycles. The minimum absolute atomic E-state index is 0.0274. The maximum absolute atomic E-state index is 12.0. The topological polar surface area (TPSA) is 62.7 Å². The summed E-state index contributed by atoms with van der Waals surface area (Å²) in [5, 5.41) is 11.2. The summed E-state index contributed by atoms with van der Waals surface area (Å²) < 4.78 is 40.2. The number of aromatic nitrogens is 2. The minimum Gasteiger partial charge on any atom is -0.339 e. The van der Waals surface area contributed by atoms with E-state index in [4.69, 9.17) is 5.26 Å². The second-order valence-electron chi connectivity index (χ2n) is 2.74. The molecule has 76 valence electrons. The third-order valence-electron chi connectivity index (χ3n) is 1.42. The lowest BCUT2D eigenvalue weighted by Crippen LogP contribution is -2.07. The SMILES string of the molecule is CC(C#N)Cc1nc(C(F)(F)F)no1. The molecule has 0 radical (unpaired) electrons. The molecule has 0 aliphatic heterocycles. The molecule has 1 aromatic rings. The van der Waals surface area contributed by atoms with E-state index in [1.807, 2.05) is 6.07 Å². The Labute approximate surface area is 77.3 Å². The van der Waals surface area contributed by atoms with Crippen molar-refractivity contribution >= 4 is 0 Å². The fourth-order valence-corrected chi connectivity index (χ4v) is 0.760. The van der Waals surface area contributed by atoms with Crippen LogP contribution in [0.3, 0.4) is 0 Å². The third kappa shape index (κ3) is 2.45. The van der Waals surface area contributed by atoms with E-state index in [1.54, 1.807) is 6.92 Å². The predicted octanol–water partition coefficient (Wildman–Crippen LogP) is 1.79. The van der Waals surface area contributed by atoms with Gasteiger partial charge in [-0.05, 0) is 6.92 Å². The van der Waals surface area contributed by atoms with Crippen molar-refractivity contribution in [2.24, 2.45) is 5.92 Å². The maximum Gasteiger partial charge on any atom is 0.455 e. The van der Waals surface area contributed by atoms with E-state index in [2.05, 4.69) is 14.7 Å². The lowest BCUT2D eigenvalue weighted by atomic mass is 10.1.